The molecule has 2 amide bonds. The Morgan fingerprint density at radius 2 is 1.06 bits per heavy atom. The maximum atomic E-state index is 13.7. The number of sulfonamides is 2. The van der Waals surface area contributed by atoms with E-state index in [4.69, 9.17) is 34.2 Å². The number of amides is 2. The first-order valence-electron chi connectivity index (χ1n) is 25.6. The van der Waals surface area contributed by atoms with Crippen molar-refractivity contribution in [3.8, 4) is 23.6 Å². The zero-order chi connectivity index (χ0) is 56.6. The first kappa shape index (κ1) is 63.2. The number of benzene rings is 4. The van der Waals surface area contributed by atoms with Gasteiger partial charge >= 0.3 is 12.2 Å². The van der Waals surface area contributed by atoms with E-state index in [1.165, 1.54) is 47.1 Å². The van der Waals surface area contributed by atoms with Crippen LogP contribution in [0.25, 0.3) is 0 Å². The third kappa shape index (κ3) is 21.6. The van der Waals surface area contributed by atoms with Gasteiger partial charge in [-0.05, 0) is 118 Å². The molecule has 4 N–H and O–H groups in total. The van der Waals surface area contributed by atoms with Crippen LogP contribution in [-0.4, -0.2) is 137 Å². The highest BCUT2D eigenvalue weighted by atomic mass is 32.2. The highest BCUT2D eigenvalue weighted by molar-refractivity contribution is 7.89. The monoisotopic (exact) mass is 1100 g/mol. The maximum Gasteiger partial charge on any atom is 0.407 e. The van der Waals surface area contributed by atoms with Crippen LogP contribution < -0.4 is 20.1 Å². The second kappa shape index (κ2) is 31.2. The highest BCUT2D eigenvalue weighted by Crippen LogP contribution is 2.25. The number of alkyl carbamates (subject to hydrolysis) is 2. The molecule has 5 rings (SSSR count). The largest absolute Gasteiger partial charge is 0.497 e. The van der Waals surface area contributed by atoms with Crippen LogP contribution in [0.4, 0.5) is 9.59 Å². The van der Waals surface area contributed by atoms with Gasteiger partial charge in [-0.2, -0.15) is 19.1 Å². The number of aliphatic hydroxyl groups excluding tert-OH is 2. The fraction of sp³-hybridized carbons (Fsp3) is 0.500. The Labute approximate surface area is 455 Å². The number of carbonyl (C=O) groups excluding carboxylic acids is 2. The van der Waals surface area contributed by atoms with E-state index in [0.29, 0.717) is 44.0 Å². The summed E-state index contributed by atoms with van der Waals surface area (Å²) >= 11 is 0. The van der Waals surface area contributed by atoms with Crippen LogP contribution in [0.5, 0.6) is 11.5 Å². The average Bonchev–Trinajstić information content (AvgIpc) is 3.92. The second-order valence-corrected chi connectivity index (χ2v) is 23.9. The molecular formula is C56H76N6O13S2. The molecule has 0 spiro atoms. The van der Waals surface area contributed by atoms with Crippen molar-refractivity contribution >= 4 is 32.2 Å². The Balaban J connectivity index is 0.000000333. The summed E-state index contributed by atoms with van der Waals surface area (Å²) < 4.78 is 83.5. The minimum atomic E-state index is -4.02. The van der Waals surface area contributed by atoms with Gasteiger partial charge in [0.1, 0.15) is 23.2 Å². The van der Waals surface area contributed by atoms with Crippen LogP contribution in [0, 0.1) is 34.5 Å². The van der Waals surface area contributed by atoms with Crippen LogP contribution in [0.3, 0.4) is 0 Å². The van der Waals surface area contributed by atoms with Crippen LogP contribution in [0.15, 0.2) is 119 Å². The first-order chi connectivity index (χ1) is 36.6. The average molecular weight is 1110 g/mol. The van der Waals surface area contributed by atoms with E-state index >= 15 is 0 Å². The molecule has 19 nitrogen and oxygen atoms in total. The van der Waals surface area contributed by atoms with Gasteiger partial charge in [-0.25, -0.2) is 26.4 Å². The number of hydrogen-bond donors (Lipinski definition) is 4. The number of rotatable bonds is 27. The number of nitriles is 2. The Morgan fingerprint density at radius 1 is 0.662 bits per heavy atom. The normalized spacial score (nSPS) is 16.0. The van der Waals surface area contributed by atoms with E-state index in [9.17, 15) is 36.6 Å². The van der Waals surface area contributed by atoms with Crippen molar-refractivity contribution in [2.45, 2.75) is 125 Å². The Kier molecular flexibility index (Phi) is 25.6. The van der Waals surface area contributed by atoms with Gasteiger partial charge in [-0.15, -0.1) is 0 Å². The Hall–Kier alpha value is -6.30. The van der Waals surface area contributed by atoms with E-state index in [-0.39, 0.29) is 79.6 Å². The van der Waals surface area contributed by atoms with Gasteiger partial charge in [0.05, 0.1) is 73.7 Å². The minimum Gasteiger partial charge on any atom is -0.497 e. The van der Waals surface area contributed by atoms with Crippen molar-refractivity contribution in [2.24, 2.45) is 11.8 Å². The van der Waals surface area contributed by atoms with Gasteiger partial charge in [-0.3, -0.25) is 0 Å². The van der Waals surface area contributed by atoms with Gasteiger partial charge in [-0.1, -0.05) is 74.5 Å². The topological polar surface area (TPSA) is 267 Å². The van der Waals surface area contributed by atoms with E-state index in [0.717, 1.165) is 11.1 Å². The van der Waals surface area contributed by atoms with Gasteiger partial charge in [0.25, 0.3) is 0 Å². The van der Waals surface area contributed by atoms with Gasteiger partial charge in [0, 0.05) is 45.4 Å². The summed E-state index contributed by atoms with van der Waals surface area (Å²) in [6.45, 7) is 9.41. The predicted molar refractivity (Wildman–Crippen MR) is 290 cm³/mol. The quantitative estimate of drug-likeness (QED) is 0.0459. The molecule has 2 unspecified atom stereocenters. The lowest BCUT2D eigenvalue weighted by molar-refractivity contribution is 0.0399. The summed E-state index contributed by atoms with van der Waals surface area (Å²) in [5, 5.41) is 46.1. The molecule has 1 aliphatic heterocycles. The fourth-order valence-corrected chi connectivity index (χ4v) is 11.4. The number of carbonyl (C=O) groups is 2. The summed E-state index contributed by atoms with van der Waals surface area (Å²) in [7, 11) is -5.05. The lowest BCUT2D eigenvalue weighted by atomic mass is 10.0. The SMILES string of the molecule is COc1ccc(S(=O)(=O)N(CC(C)CCC#N)C[C@@H](O)[C@H](Cc2ccccc2)NC(=O)OC(C)(C)C)cc1.COc1ccc(S(=O)(=O)N(CC(C)CCC#N)C[C@@H](O)[C@H](Cc2ccccc2)NC(=O)O[C@H]2CCOC2)cc1. The lowest BCUT2D eigenvalue weighted by Crippen LogP contribution is -2.52. The fourth-order valence-electron chi connectivity index (χ4n) is 8.21. The minimum absolute atomic E-state index is 0.0520. The van der Waals surface area contributed by atoms with Crippen LogP contribution in [0.1, 0.15) is 77.8 Å². The smallest absolute Gasteiger partial charge is 0.407 e. The van der Waals surface area contributed by atoms with E-state index in [1.807, 2.05) is 74.5 Å². The molecule has 7 atom stereocenters. The van der Waals surface area contributed by atoms with Crippen molar-refractivity contribution in [2.75, 3.05) is 53.6 Å². The van der Waals surface area contributed by atoms with Gasteiger partial charge < -0.3 is 44.5 Å². The van der Waals surface area contributed by atoms with E-state index in [1.54, 1.807) is 45.0 Å². The summed E-state index contributed by atoms with van der Waals surface area (Å²) in [6.07, 6.45) is -1.57. The zero-order valence-corrected chi connectivity index (χ0v) is 46.7. The first-order valence-corrected chi connectivity index (χ1v) is 28.5. The molecule has 0 radical (unpaired) electrons. The zero-order valence-electron chi connectivity index (χ0n) is 45.1. The number of ether oxygens (including phenoxy) is 5. The summed E-state index contributed by atoms with van der Waals surface area (Å²) in [5.41, 5.74) is 0.976. The second-order valence-electron chi connectivity index (χ2n) is 20.0. The number of methoxy groups -OCH3 is 2. The van der Waals surface area contributed by atoms with Gasteiger partial charge in [0.15, 0.2) is 0 Å². The summed E-state index contributed by atoms with van der Waals surface area (Å²) in [5.74, 6) is 0.752. The Bertz CT molecular complexity index is 2710. The third-order valence-corrected chi connectivity index (χ3v) is 16.1. The molecule has 0 bridgehead atoms. The molecule has 1 aliphatic rings. The molecule has 4 aromatic carbocycles. The molecular weight excluding hydrogens is 1030 g/mol. The predicted octanol–water partition coefficient (Wildman–Crippen LogP) is 7.24. The molecule has 0 saturated carbocycles. The number of hydrogen-bond acceptors (Lipinski definition) is 15. The highest BCUT2D eigenvalue weighted by Gasteiger charge is 2.35. The van der Waals surface area contributed by atoms with Crippen molar-refractivity contribution < 1.29 is 60.3 Å². The van der Waals surface area contributed by atoms with Crippen LogP contribution in [0.2, 0.25) is 0 Å². The number of nitrogens with one attached hydrogen (secondary N) is 2. The molecule has 420 valence electrons. The number of nitrogens with zero attached hydrogens (tertiary/aromatic N) is 4. The number of aliphatic hydroxyl groups is 2. The maximum absolute atomic E-state index is 13.7. The Morgan fingerprint density at radius 3 is 1.42 bits per heavy atom. The molecule has 1 heterocycles. The molecule has 1 fully saturated rings. The van der Waals surface area contributed by atoms with Gasteiger partial charge in [0.2, 0.25) is 20.0 Å². The molecule has 0 aromatic heterocycles. The molecule has 1 saturated heterocycles. The summed E-state index contributed by atoms with van der Waals surface area (Å²) in [4.78, 5) is 25.4. The van der Waals surface area contributed by atoms with Crippen LogP contribution in [-0.2, 0) is 47.1 Å². The third-order valence-electron chi connectivity index (χ3n) is 12.4. The molecule has 0 aliphatic carbocycles. The van der Waals surface area contributed by atoms with E-state index < -0.39 is 62.1 Å². The molecule has 77 heavy (non-hydrogen) atoms. The standard InChI is InChI=1S/C28H37N3O7S.C28H39N3O6S/c1-21(7-6-15-29)18-31(39(34,35)25-12-10-23(36-2)11-13-25)19-27(32)26(17-22-8-4-3-5-9-22)30-28(33)38-24-14-16-37-20-24;1-21(10-9-17-29)19-31(38(34,35)24-15-13-23(36-5)14-16-24)20-26(32)25(18-22-11-7-6-8-12-22)30-27(33)37-28(2,3)4/h3-5,8-13,21,24,26-27,32H,6-7,14,16-20H2,1-2H3,(H,30,33);6-8,11-16,21,25-26,32H,9-10,18-20H2,1-5H3,(H,30,33)/t21?,24-,26-,27+;21?,25-,26+/m00/s1. The molecule has 4 aromatic rings. The van der Waals surface area contributed by atoms with Crippen molar-refractivity contribution in [1.82, 2.24) is 19.2 Å². The van der Waals surface area contributed by atoms with Crippen molar-refractivity contribution in [3.05, 3.63) is 120 Å². The lowest BCUT2D eigenvalue weighted by Gasteiger charge is -2.31. The van der Waals surface area contributed by atoms with Crippen molar-refractivity contribution in [1.29, 1.82) is 10.5 Å². The summed E-state index contributed by atoms with van der Waals surface area (Å²) in [6, 6.07) is 33.2. The van der Waals surface area contributed by atoms with E-state index in [2.05, 4.69) is 22.8 Å². The van der Waals surface area contributed by atoms with Crippen LogP contribution >= 0.6 is 0 Å². The van der Waals surface area contributed by atoms with Crippen molar-refractivity contribution in [3.63, 3.8) is 0 Å². The molecule has 21 heteroatoms.